The van der Waals surface area contributed by atoms with Gasteiger partial charge in [0.1, 0.15) is 6.10 Å². The maximum atomic E-state index is 9.78. The number of aliphatic hydroxyl groups is 1. The molecular formula is C12H14O2. The Bertz CT molecular complexity index is 333. The van der Waals surface area contributed by atoms with Crippen LogP contribution in [0.3, 0.4) is 0 Å². The number of hydrogen-bond acceptors (Lipinski definition) is 2. The van der Waals surface area contributed by atoms with Crippen molar-refractivity contribution in [2.24, 2.45) is 0 Å². The number of ether oxygens (including phenoxy) is 1. The van der Waals surface area contributed by atoms with E-state index in [-0.39, 0.29) is 6.10 Å². The molecule has 2 rings (SSSR count). The molecule has 2 atom stereocenters. The van der Waals surface area contributed by atoms with Gasteiger partial charge in [-0.3, -0.25) is 0 Å². The highest BCUT2D eigenvalue weighted by Gasteiger charge is 2.30. The van der Waals surface area contributed by atoms with Crippen molar-refractivity contribution in [2.75, 3.05) is 6.61 Å². The second-order valence-corrected chi connectivity index (χ2v) is 3.51. The Hall–Kier alpha value is -1.12. The van der Waals surface area contributed by atoms with Crippen molar-refractivity contribution in [3.8, 4) is 0 Å². The molecule has 2 nitrogen and oxygen atoms in total. The van der Waals surface area contributed by atoms with Gasteiger partial charge in [0.25, 0.3) is 0 Å². The van der Waals surface area contributed by atoms with Gasteiger partial charge in [0, 0.05) is 6.42 Å². The molecule has 2 unspecified atom stereocenters. The van der Waals surface area contributed by atoms with E-state index in [0.717, 1.165) is 5.56 Å². The first-order valence-corrected chi connectivity index (χ1v) is 4.81. The Morgan fingerprint density at radius 1 is 1.50 bits per heavy atom. The van der Waals surface area contributed by atoms with E-state index in [2.05, 4.69) is 6.58 Å². The first kappa shape index (κ1) is 9.44. The van der Waals surface area contributed by atoms with Crippen molar-refractivity contribution < 1.29 is 9.84 Å². The van der Waals surface area contributed by atoms with Gasteiger partial charge in [-0.15, -0.1) is 6.58 Å². The predicted molar refractivity (Wildman–Crippen MR) is 55.0 cm³/mol. The first-order valence-electron chi connectivity index (χ1n) is 4.81. The maximum Gasteiger partial charge on any atom is 0.109 e. The molecule has 1 aliphatic rings. The second kappa shape index (κ2) is 3.95. The normalized spacial score (nSPS) is 24.6. The summed E-state index contributed by atoms with van der Waals surface area (Å²) < 4.78 is 5.52. The van der Waals surface area contributed by atoms with Crippen molar-refractivity contribution in [1.29, 1.82) is 0 Å². The van der Waals surface area contributed by atoms with Gasteiger partial charge < -0.3 is 9.84 Å². The summed E-state index contributed by atoms with van der Waals surface area (Å²) in [7, 11) is 0. The first-order chi connectivity index (χ1) is 6.83. The SMILES string of the molecule is C=CCOC1c2ccccc2CC1O. The van der Waals surface area contributed by atoms with Crippen molar-refractivity contribution in [3.63, 3.8) is 0 Å². The van der Waals surface area contributed by atoms with E-state index in [9.17, 15) is 5.11 Å². The highest BCUT2D eigenvalue weighted by atomic mass is 16.5. The summed E-state index contributed by atoms with van der Waals surface area (Å²) >= 11 is 0. The fourth-order valence-corrected chi connectivity index (χ4v) is 1.91. The summed E-state index contributed by atoms with van der Waals surface area (Å²) in [5.74, 6) is 0. The van der Waals surface area contributed by atoms with Crippen molar-refractivity contribution in [2.45, 2.75) is 18.6 Å². The molecule has 0 saturated heterocycles. The van der Waals surface area contributed by atoms with Crippen molar-refractivity contribution >= 4 is 0 Å². The Balaban J connectivity index is 2.21. The van der Waals surface area contributed by atoms with Gasteiger partial charge in [-0.25, -0.2) is 0 Å². The van der Waals surface area contributed by atoms with Crippen LogP contribution in [0.1, 0.15) is 17.2 Å². The predicted octanol–water partition coefficient (Wildman–Crippen LogP) is 1.85. The van der Waals surface area contributed by atoms with Gasteiger partial charge >= 0.3 is 0 Å². The smallest absolute Gasteiger partial charge is 0.109 e. The molecule has 0 spiro atoms. The summed E-state index contributed by atoms with van der Waals surface area (Å²) in [4.78, 5) is 0. The van der Waals surface area contributed by atoms with Crippen LogP contribution < -0.4 is 0 Å². The molecule has 1 aromatic rings. The van der Waals surface area contributed by atoms with Gasteiger partial charge in [0.2, 0.25) is 0 Å². The minimum Gasteiger partial charge on any atom is -0.390 e. The monoisotopic (exact) mass is 190 g/mol. The van der Waals surface area contributed by atoms with Crippen LogP contribution in [0.4, 0.5) is 0 Å². The molecule has 14 heavy (non-hydrogen) atoms. The molecule has 0 heterocycles. The van der Waals surface area contributed by atoms with Gasteiger partial charge in [0.05, 0.1) is 12.7 Å². The summed E-state index contributed by atoms with van der Waals surface area (Å²) in [6.45, 7) is 4.08. The van der Waals surface area contributed by atoms with Crippen LogP contribution in [-0.4, -0.2) is 17.8 Å². The molecule has 0 aliphatic heterocycles. The van der Waals surface area contributed by atoms with Gasteiger partial charge in [0.15, 0.2) is 0 Å². The Morgan fingerprint density at radius 2 is 2.29 bits per heavy atom. The van der Waals surface area contributed by atoms with E-state index < -0.39 is 6.10 Å². The topological polar surface area (TPSA) is 29.5 Å². The van der Waals surface area contributed by atoms with Crippen LogP contribution in [0.25, 0.3) is 0 Å². The molecule has 1 N–H and O–H groups in total. The highest BCUT2D eigenvalue weighted by Crippen LogP contribution is 2.33. The van der Waals surface area contributed by atoms with Gasteiger partial charge in [-0.2, -0.15) is 0 Å². The van der Waals surface area contributed by atoms with E-state index in [1.807, 2.05) is 24.3 Å². The van der Waals surface area contributed by atoms with E-state index in [1.165, 1.54) is 5.56 Å². The summed E-state index contributed by atoms with van der Waals surface area (Å²) in [5.41, 5.74) is 2.30. The number of fused-ring (bicyclic) bond motifs is 1. The zero-order chi connectivity index (χ0) is 9.97. The van der Waals surface area contributed by atoms with Crippen LogP contribution in [0.2, 0.25) is 0 Å². The quantitative estimate of drug-likeness (QED) is 0.737. The number of hydrogen-bond donors (Lipinski definition) is 1. The van der Waals surface area contributed by atoms with Gasteiger partial charge in [-0.05, 0) is 11.1 Å². The molecule has 0 bridgehead atoms. The standard InChI is InChI=1S/C12H14O2/c1-2-7-14-12-10-6-4-3-5-9(10)8-11(12)13/h2-6,11-13H,1,7-8H2. The summed E-state index contributed by atoms with van der Waals surface area (Å²) in [6.07, 6.45) is 1.81. The van der Waals surface area contributed by atoms with Crippen LogP contribution in [-0.2, 0) is 11.2 Å². The Kier molecular flexibility index (Phi) is 2.66. The van der Waals surface area contributed by atoms with E-state index in [4.69, 9.17) is 4.74 Å². The molecule has 1 aromatic carbocycles. The summed E-state index contributed by atoms with van der Waals surface area (Å²) in [5, 5.41) is 9.78. The van der Waals surface area contributed by atoms with Crippen molar-refractivity contribution in [1.82, 2.24) is 0 Å². The van der Waals surface area contributed by atoms with Crippen LogP contribution in [0.15, 0.2) is 36.9 Å². The van der Waals surface area contributed by atoms with E-state index in [1.54, 1.807) is 6.08 Å². The van der Waals surface area contributed by atoms with E-state index in [0.29, 0.717) is 13.0 Å². The van der Waals surface area contributed by atoms with Crippen molar-refractivity contribution in [3.05, 3.63) is 48.0 Å². The van der Waals surface area contributed by atoms with Crippen LogP contribution in [0, 0.1) is 0 Å². The lowest BCUT2D eigenvalue weighted by Gasteiger charge is -2.15. The zero-order valence-electron chi connectivity index (χ0n) is 8.02. The fraction of sp³-hybridized carbons (Fsp3) is 0.333. The van der Waals surface area contributed by atoms with Crippen LogP contribution >= 0.6 is 0 Å². The summed E-state index contributed by atoms with van der Waals surface area (Å²) in [6, 6.07) is 8.01. The number of aliphatic hydroxyl groups excluding tert-OH is 1. The third kappa shape index (κ3) is 1.59. The Labute approximate surface area is 83.8 Å². The molecule has 1 aliphatic carbocycles. The third-order valence-electron chi connectivity index (χ3n) is 2.53. The van der Waals surface area contributed by atoms with E-state index >= 15 is 0 Å². The fourth-order valence-electron chi connectivity index (χ4n) is 1.91. The Morgan fingerprint density at radius 3 is 3.07 bits per heavy atom. The zero-order valence-corrected chi connectivity index (χ0v) is 8.02. The molecule has 0 saturated carbocycles. The minimum absolute atomic E-state index is 0.177. The largest absolute Gasteiger partial charge is 0.390 e. The maximum absolute atomic E-state index is 9.78. The average Bonchev–Trinajstić information content (AvgIpc) is 2.51. The average molecular weight is 190 g/mol. The lowest BCUT2D eigenvalue weighted by atomic mass is 10.1. The number of benzene rings is 1. The molecule has 0 aromatic heterocycles. The molecule has 0 amide bonds. The second-order valence-electron chi connectivity index (χ2n) is 3.51. The minimum atomic E-state index is -0.410. The third-order valence-corrected chi connectivity index (χ3v) is 2.53. The molecular weight excluding hydrogens is 176 g/mol. The van der Waals surface area contributed by atoms with Gasteiger partial charge in [-0.1, -0.05) is 30.3 Å². The molecule has 2 heteroatoms. The van der Waals surface area contributed by atoms with Crippen LogP contribution in [0.5, 0.6) is 0 Å². The lowest BCUT2D eigenvalue weighted by Crippen LogP contribution is -2.16. The lowest BCUT2D eigenvalue weighted by molar-refractivity contribution is -0.0165. The molecule has 74 valence electrons. The molecule has 0 radical (unpaired) electrons. The highest BCUT2D eigenvalue weighted by molar-refractivity contribution is 5.35. The molecule has 0 fully saturated rings. The number of rotatable bonds is 3.